The van der Waals surface area contributed by atoms with E-state index in [1.54, 1.807) is 48.8 Å². The molecule has 5 rings (SSSR count). The van der Waals surface area contributed by atoms with E-state index in [-0.39, 0.29) is 16.9 Å². The van der Waals surface area contributed by atoms with Gasteiger partial charge >= 0.3 is 0 Å². The molecule has 0 aliphatic carbocycles. The van der Waals surface area contributed by atoms with Crippen LogP contribution in [0.5, 0.6) is 5.75 Å². The highest BCUT2D eigenvalue weighted by Gasteiger charge is 2.38. The fraction of sp³-hybridized carbons (Fsp3) is 0.226. The highest BCUT2D eigenvalue weighted by molar-refractivity contribution is 7.92. The van der Waals surface area contributed by atoms with E-state index in [0.717, 1.165) is 23.1 Å². The fourth-order valence-corrected chi connectivity index (χ4v) is 5.96. The average molecular weight is 542 g/mol. The molecule has 8 heteroatoms. The van der Waals surface area contributed by atoms with Crippen molar-refractivity contribution in [2.75, 3.05) is 16.2 Å². The lowest BCUT2D eigenvalue weighted by atomic mass is 9.86. The summed E-state index contributed by atoms with van der Waals surface area (Å²) < 4.78 is 34.9. The van der Waals surface area contributed by atoms with Crippen molar-refractivity contribution < 1.29 is 17.9 Å². The zero-order valence-electron chi connectivity index (χ0n) is 22.2. The minimum atomic E-state index is -3.94. The van der Waals surface area contributed by atoms with Gasteiger partial charge in [0.05, 0.1) is 17.1 Å². The van der Waals surface area contributed by atoms with Gasteiger partial charge < -0.3 is 10.1 Å². The summed E-state index contributed by atoms with van der Waals surface area (Å²) in [4.78, 5) is 17.5. The Balaban J connectivity index is 1.40. The van der Waals surface area contributed by atoms with Crippen LogP contribution in [0.2, 0.25) is 0 Å². The van der Waals surface area contributed by atoms with Crippen molar-refractivity contribution in [2.45, 2.75) is 43.6 Å². The lowest BCUT2D eigenvalue weighted by molar-refractivity contribution is -0.122. The number of nitrogens with zero attached hydrogens (tertiary/aromatic N) is 2. The molecule has 39 heavy (non-hydrogen) atoms. The molecule has 1 unspecified atom stereocenters. The van der Waals surface area contributed by atoms with Gasteiger partial charge in [0, 0.05) is 18.1 Å². The van der Waals surface area contributed by atoms with Crippen LogP contribution in [0.15, 0.2) is 102 Å². The van der Waals surface area contributed by atoms with E-state index in [2.05, 4.69) is 31.1 Å². The first-order chi connectivity index (χ1) is 18.6. The predicted molar refractivity (Wildman–Crippen MR) is 153 cm³/mol. The summed E-state index contributed by atoms with van der Waals surface area (Å²) >= 11 is 0. The second-order valence-corrected chi connectivity index (χ2v) is 12.5. The van der Waals surface area contributed by atoms with Crippen molar-refractivity contribution in [1.82, 2.24) is 4.98 Å². The molecule has 0 fully saturated rings. The number of amides is 1. The number of nitrogens with one attached hydrogen (secondary N) is 1. The summed E-state index contributed by atoms with van der Waals surface area (Å²) in [5.74, 6) is -0.0719. The normalized spacial score (nSPS) is 15.3. The third kappa shape index (κ3) is 5.81. The van der Waals surface area contributed by atoms with Crippen LogP contribution in [0.25, 0.3) is 0 Å². The molecular formula is C31H31N3O4S. The SMILES string of the molecule is CC(C)(C)c1ccc2c(c1)N(S(=O)(=O)c1ccccc1)CC(C(=O)Nc1ccc(Cc3ccncc3)cc1)O2. The Hall–Kier alpha value is -4.17. The number of hydrogen-bond acceptors (Lipinski definition) is 5. The third-order valence-electron chi connectivity index (χ3n) is 6.70. The van der Waals surface area contributed by atoms with E-state index in [0.29, 0.717) is 17.1 Å². The second-order valence-electron chi connectivity index (χ2n) is 10.6. The van der Waals surface area contributed by atoms with Gasteiger partial charge in [-0.1, -0.05) is 57.2 Å². The number of sulfonamides is 1. The van der Waals surface area contributed by atoms with E-state index in [9.17, 15) is 13.2 Å². The monoisotopic (exact) mass is 541 g/mol. The zero-order valence-corrected chi connectivity index (χ0v) is 23.0. The number of pyridine rings is 1. The molecule has 2 heterocycles. The molecule has 1 N–H and O–H groups in total. The maximum absolute atomic E-state index is 13.8. The highest BCUT2D eigenvalue weighted by Crippen LogP contribution is 2.40. The van der Waals surface area contributed by atoms with Gasteiger partial charge in [-0.3, -0.25) is 14.1 Å². The Labute approximate surface area is 229 Å². The van der Waals surface area contributed by atoms with Gasteiger partial charge in [0.2, 0.25) is 0 Å². The molecule has 1 atom stereocenters. The van der Waals surface area contributed by atoms with Crippen LogP contribution in [-0.4, -0.2) is 32.0 Å². The van der Waals surface area contributed by atoms with Crippen LogP contribution in [0.4, 0.5) is 11.4 Å². The van der Waals surface area contributed by atoms with E-state index < -0.39 is 22.0 Å². The molecule has 1 aliphatic heterocycles. The second kappa shape index (κ2) is 10.5. The number of ether oxygens (including phenoxy) is 1. The first-order valence-corrected chi connectivity index (χ1v) is 14.2. The van der Waals surface area contributed by atoms with E-state index in [4.69, 9.17) is 4.74 Å². The van der Waals surface area contributed by atoms with Crippen molar-refractivity contribution in [1.29, 1.82) is 0 Å². The Bertz CT molecular complexity index is 1570. The molecule has 0 bridgehead atoms. The molecule has 0 spiro atoms. The molecule has 0 saturated heterocycles. The van der Waals surface area contributed by atoms with Gasteiger partial charge in [0.25, 0.3) is 15.9 Å². The number of benzene rings is 3. The van der Waals surface area contributed by atoms with Crippen LogP contribution in [0, 0.1) is 0 Å². The lowest BCUT2D eigenvalue weighted by Gasteiger charge is -2.36. The van der Waals surface area contributed by atoms with E-state index in [1.165, 1.54) is 4.31 Å². The first-order valence-electron chi connectivity index (χ1n) is 12.8. The van der Waals surface area contributed by atoms with Gasteiger partial charge in [-0.05, 0) is 77.1 Å². The summed E-state index contributed by atoms with van der Waals surface area (Å²) in [7, 11) is -3.94. The Morgan fingerprint density at radius 1 is 0.949 bits per heavy atom. The summed E-state index contributed by atoms with van der Waals surface area (Å²) in [5.41, 5.74) is 4.04. The molecule has 7 nitrogen and oxygen atoms in total. The molecule has 3 aromatic carbocycles. The Kier molecular flexibility index (Phi) is 7.14. The average Bonchev–Trinajstić information content (AvgIpc) is 2.93. The fourth-order valence-electron chi connectivity index (χ4n) is 4.47. The number of anilines is 2. The quantitative estimate of drug-likeness (QED) is 0.345. The minimum Gasteiger partial charge on any atom is -0.476 e. The standard InChI is InChI=1S/C31H31N3O4S/c1-31(2,3)24-11-14-28-27(20-24)34(39(36,37)26-7-5-4-6-8-26)21-29(38-28)30(35)33-25-12-9-22(10-13-25)19-23-15-17-32-18-16-23/h4-18,20,29H,19,21H2,1-3H3,(H,33,35). The van der Waals surface area contributed by atoms with Crippen LogP contribution in [-0.2, 0) is 26.7 Å². The molecule has 1 aliphatic rings. The maximum Gasteiger partial charge on any atom is 0.267 e. The van der Waals surface area contributed by atoms with Gasteiger partial charge in [-0.15, -0.1) is 0 Å². The summed E-state index contributed by atoms with van der Waals surface area (Å²) in [5, 5.41) is 2.89. The van der Waals surface area contributed by atoms with Crippen LogP contribution < -0.4 is 14.4 Å². The van der Waals surface area contributed by atoms with Crippen LogP contribution in [0.3, 0.4) is 0 Å². The topological polar surface area (TPSA) is 88.6 Å². The van der Waals surface area contributed by atoms with E-state index in [1.807, 2.05) is 48.5 Å². The minimum absolute atomic E-state index is 0.149. The Morgan fingerprint density at radius 2 is 1.62 bits per heavy atom. The molecule has 200 valence electrons. The molecule has 0 saturated carbocycles. The Morgan fingerprint density at radius 3 is 2.28 bits per heavy atom. The summed E-state index contributed by atoms with van der Waals surface area (Å²) in [6.07, 6.45) is 3.24. The van der Waals surface area contributed by atoms with Gasteiger partial charge in [0.1, 0.15) is 5.75 Å². The first kappa shape index (κ1) is 26.4. The highest BCUT2D eigenvalue weighted by atomic mass is 32.2. The summed E-state index contributed by atoms with van der Waals surface area (Å²) in [6.45, 7) is 6.04. The number of aromatic nitrogens is 1. The summed E-state index contributed by atoms with van der Waals surface area (Å²) in [6, 6.07) is 25.2. The molecule has 4 aromatic rings. The number of hydrogen-bond donors (Lipinski definition) is 1. The number of rotatable bonds is 6. The van der Waals surface area contributed by atoms with Crippen molar-refractivity contribution in [3.63, 3.8) is 0 Å². The molecule has 0 radical (unpaired) electrons. The van der Waals surface area contributed by atoms with Crippen molar-refractivity contribution in [2.24, 2.45) is 0 Å². The number of carbonyl (C=O) groups excluding carboxylic acids is 1. The van der Waals surface area contributed by atoms with Crippen molar-refractivity contribution in [3.05, 3.63) is 114 Å². The van der Waals surface area contributed by atoms with Crippen molar-refractivity contribution >= 4 is 27.3 Å². The predicted octanol–water partition coefficient (Wildman–Crippen LogP) is 5.56. The molecule has 1 aromatic heterocycles. The lowest BCUT2D eigenvalue weighted by Crippen LogP contribution is -2.49. The molecular weight excluding hydrogens is 510 g/mol. The maximum atomic E-state index is 13.8. The number of carbonyl (C=O) groups is 1. The zero-order chi connectivity index (χ0) is 27.6. The van der Waals surface area contributed by atoms with Crippen LogP contribution >= 0.6 is 0 Å². The van der Waals surface area contributed by atoms with E-state index >= 15 is 0 Å². The smallest absolute Gasteiger partial charge is 0.267 e. The van der Waals surface area contributed by atoms with Crippen LogP contribution in [0.1, 0.15) is 37.5 Å². The van der Waals surface area contributed by atoms with Crippen molar-refractivity contribution in [3.8, 4) is 5.75 Å². The van der Waals surface area contributed by atoms with Gasteiger partial charge in [0.15, 0.2) is 6.10 Å². The molecule has 1 amide bonds. The van der Waals surface area contributed by atoms with Gasteiger partial charge in [-0.2, -0.15) is 0 Å². The third-order valence-corrected chi connectivity index (χ3v) is 8.49. The number of fused-ring (bicyclic) bond motifs is 1. The van der Waals surface area contributed by atoms with Gasteiger partial charge in [-0.25, -0.2) is 8.42 Å². The largest absolute Gasteiger partial charge is 0.476 e.